The third-order valence-corrected chi connectivity index (χ3v) is 2.72. The Morgan fingerprint density at radius 2 is 2.36 bits per heavy atom. The van der Waals surface area contributed by atoms with Crippen LogP contribution < -0.4 is 0 Å². The average Bonchev–Trinajstić information content (AvgIpc) is 2.57. The Bertz CT molecular complexity index is 217. The lowest BCUT2D eigenvalue weighted by Crippen LogP contribution is -2.34. The van der Waals surface area contributed by atoms with Crippen molar-refractivity contribution in [2.75, 3.05) is 19.7 Å². The van der Waals surface area contributed by atoms with Gasteiger partial charge in [0.05, 0.1) is 13.0 Å². The molecule has 1 saturated heterocycles. The molecule has 0 radical (unpaired) electrons. The van der Waals surface area contributed by atoms with Gasteiger partial charge in [0.15, 0.2) is 0 Å². The summed E-state index contributed by atoms with van der Waals surface area (Å²) in [5.74, 6) is -0.398. The van der Waals surface area contributed by atoms with E-state index in [0.29, 0.717) is 12.5 Å². The quantitative estimate of drug-likeness (QED) is 0.626. The van der Waals surface area contributed by atoms with Crippen molar-refractivity contribution in [2.45, 2.75) is 18.9 Å². The zero-order valence-corrected chi connectivity index (χ0v) is 8.22. The number of nitrogens with zero attached hydrogens (tertiary/aromatic N) is 1. The van der Waals surface area contributed by atoms with Gasteiger partial charge in [-0.05, 0) is 12.3 Å². The summed E-state index contributed by atoms with van der Waals surface area (Å²) in [5.41, 5.74) is 0. The van der Waals surface area contributed by atoms with Crippen molar-refractivity contribution in [1.29, 1.82) is 0 Å². The fraction of sp³-hybridized carbons (Fsp3) is 0.700. The van der Waals surface area contributed by atoms with E-state index >= 15 is 0 Å². The van der Waals surface area contributed by atoms with Crippen LogP contribution in [0.5, 0.6) is 0 Å². The molecule has 1 aliphatic heterocycles. The van der Waals surface area contributed by atoms with Gasteiger partial charge in [-0.1, -0.05) is 6.08 Å². The molecule has 0 unspecified atom stereocenters. The molecule has 0 aromatic heterocycles. The maximum absolute atomic E-state index is 10.4. The minimum absolute atomic E-state index is 0.101. The summed E-state index contributed by atoms with van der Waals surface area (Å²) in [6, 6.07) is 0.109. The molecule has 1 aliphatic rings. The standard InChI is InChI=1S/C10H17NO3/c1-2-8-5-9(7-12)11(6-8)4-3-10(13)14/h2,8-9,12H,1,3-7H2,(H,13,14)/t8-,9+/m1/s1. The number of likely N-dealkylation sites (tertiary alicyclic amines) is 1. The molecule has 4 nitrogen and oxygen atoms in total. The Labute approximate surface area is 83.8 Å². The molecule has 80 valence electrons. The van der Waals surface area contributed by atoms with Gasteiger partial charge in [0.25, 0.3) is 0 Å². The first-order valence-electron chi connectivity index (χ1n) is 4.86. The topological polar surface area (TPSA) is 60.8 Å². The van der Waals surface area contributed by atoms with Crippen LogP contribution in [0, 0.1) is 5.92 Å². The van der Waals surface area contributed by atoms with Gasteiger partial charge < -0.3 is 10.2 Å². The molecule has 0 aliphatic carbocycles. The van der Waals surface area contributed by atoms with Gasteiger partial charge in [-0.2, -0.15) is 0 Å². The highest BCUT2D eigenvalue weighted by Gasteiger charge is 2.29. The normalized spacial score (nSPS) is 27.8. The van der Waals surface area contributed by atoms with Gasteiger partial charge in [0, 0.05) is 19.1 Å². The Hall–Kier alpha value is -0.870. The second kappa shape index (κ2) is 5.12. The van der Waals surface area contributed by atoms with Crippen molar-refractivity contribution in [3.8, 4) is 0 Å². The smallest absolute Gasteiger partial charge is 0.304 e. The molecule has 0 aromatic carbocycles. The minimum atomic E-state index is -0.788. The molecule has 0 bridgehead atoms. The number of carboxylic acids is 1. The van der Waals surface area contributed by atoms with Crippen molar-refractivity contribution < 1.29 is 15.0 Å². The molecule has 0 spiro atoms. The van der Waals surface area contributed by atoms with Gasteiger partial charge >= 0.3 is 5.97 Å². The lowest BCUT2D eigenvalue weighted by molar-refractivity contribution is -0.137. The number of aliphatic hydroxyl groups is 1. The van der Waals surface area contributed by atoms with E-state index in [1.165, 1.54) is 0 Å². The Balaban J connectivity index is 2.42. The third-order valence-electron chi connectivity index (χ3n) is 2.72. The average molecular weight is 199 g/mol. The molecule has 4 heteroatoms. The summed E-state index contributed by atoms with van der Waals surface area (Å²) in [6.07, 6.45) is 2.91. The summed E-state index contributed by atoms with van der Waals surface area (Å²) in [6.45, 7) is 5.16. The lowest BCUT2D eigenvalue weighted by Gasteiger charge is -2.21. The monoisotopic (exact) mass is 199 g/mol. The van der Waals surface area contributed by atoms with Crippen LogP contribution >= 0.6 is 0 Å². The molecule has 2 atom stereocenters. The van der Waals surface area contributed by atoms with E-state index in [2.05, 4.69) is 6.58 Å². The third kappa shape index (κ3) is 2.82. The number of carboxylic acid groups (broad SMARTS) is 1. The Morgan fingerprint density at radius 1 is 1.64 bits per heavy atom. The number of aliphatic hydroxyl groups excluding tert-OH is 1. The van der Waals surface area contributed by atoms with Crippen LogP contribution in [0.1, 0.15) is 12.8 Å². The number of rotatable bonds is 5. The summed E-state index contributed by atoms with van der Waals surface area (Å²) in [4.78, 5) is 12.4. The molecule has 14 heavy (non-hydrogen) atoms. The van der Waals surface area contributed by atoms with Gasteiger partial charge in [-0.25, -0.2) is 0 Å². The molecule has 0 amide bonds. The maximum Gasteiger partial charge on any atom is 0.304 e. The molecular weight excluding hydrogens is 182 g/mol. The zero-order valence-electron chi connectivity index (χ0n) is 8.22. The van der Waals surface area contributed by atoms with Gasteiger partial charge in [0.2, 0.25) is 0 Å². The van der Waals surface area contributed by atoms with E-state index in [1.54, 1.807) is 0 Å². The van der Waals surface area contributed by atoms with Crippen LogP contribution in [0.25, 0.3) is 0 Å². The van der Waals surface area contributed by atoms with Crippen molar-refractivity contribution in [1.82, 2.24) is 4.90 Å². The fourth-order valence-corrected chi connectivity index (χ4v) is 1.90. The molecule has 1 rings (SSSR count). The summed E-state index contributed by atoms with van der Waals surface area (Å²) in [7, 11) is 0. The van der Waals surface area contributed by atoms with Gasteiger partial charge in [0.1, 0.15) is 0 Å². The highest BCUT2D eigenvalue weighted by Crippen LogP contribution is 2.23. The Kier molecular flexibility index (Phi) is 4.10. The van der Waals surface area contributed by atoms with Crippen LogP contribution in [0.15, 0.2) is 12.7 Å². The van der Waals surface area contributed by atoms with E-state index in [0.717, 1.165) is 13.0 Å². The van der Waals surface area contributed by atoms with Crippen LogP contribution in [0.3, 0.4) is 0 Å². The number of hydrogen-bond donors (Lipinski definition) is 2. The molecule has 2 N–H and O–H groups in total. The first-order valence-corrected chi connectivity index (χ1v) is 4.86. The van der Waals surface area contributed by atoms with E-state index in [9.17, 15) is 4.79 Å². The van der Waals surface area contributed by atoms with Crippen LogP contribution in [-0.4, -0.2) is 46.8 Å². The van der Waals surface area contributed by atoms with Crippen molar-refractivity contribution in [3.63, 3.8) is 0 Å². The molecule has 0 saturated carbocycles. The Morgan fingerprint density at radius 3 is 2.86 bits per heavy atom. The van der Waals surface area contributed by atoms with Crippen molar-refractivity contribution in [2.24, 2.45) is 5.92 Å². The second-order valence-corrected chi connectivity index (χ2v) is 3.71. The zero-order chi connectivity index (χ0) is 10.6. The summed E-state index contributed by atoms with van der Waals surface area (Å²) in [5, 5.41) is 17.6. The lowest BCUT2D eigenvalue weighted by atomic mass is 10.1. The van der Waals surface area contributed by atoms with Gasteiger partial charge in [-0.3, -0.25) is 9.69 Å². The highest BCUT2D eigenvalue weighted by atomic mass is 16.4. The predicted octanol–water partition coefficient (Wildman–Crippen LogP) is 0.330. The first kappa shape index (κ1) is 11.2. The summed E-state index contributed by atoms with van der Waals surface area (Å²) >= 11 is 0. The highest BCUT2D eigenvalue weighted by molar-refractivity contribution is 5.66. The van der Waals surface area contributed by atoms with Crippen LogP contribution in [-0.2, 0) is 4.79 Å². The predicted molar refractivity (Wildman–Crippen MR) is 53.0 cm³/mol. The number of hydrogen-bond acceptors (Lipinski definition) is 3. The number of aliphatic carboxylic acids is 1. The van der Waals surface area contributed by atoms with E-state index in [1.807, 2.05) is 11.0 Å². The molecule has 0 aromatic rings. The first-order chi connectivity index (χ1) is 6.67. The van der Waals surface area contributed by atoms with Crippen LogP contribution in [0.2, 0.25) is 0 Å². The van der Waals surface area contributed by atoms with Gasteiger partial charge in [-0.15, -0.1) is 6.58 Å². The van der Waals surface area contributed by atoms with E-state index < -0.39 is 5.97 Å². The maximum atomic E-state index is 10.4. The second-order valence-electron chi connectivity index (χ2n) is 3.71. The molecule has 1 fully saturated rings. The van der Waals surface area contributed by atoms with Crippen LogP contribution in [0.4, 0.5) is 0 Å². The van der Waals surface area contributed by atoms with E-state index in [4.69, 9.17) is 10.2 Å². The van der Waals surface area contributed by atoms with Crippen molar-refractivity contribution in [3.05, 3.63) is 12.7 Å². The number of carbonyl (C=O) groups is 1. The molecular formula is C10H17NO3. The SMILES string of the molecule is C=C[C@@H]1C[C@@H](CO)N(CCC(=O)O)C1. The largest absolute Gasteiger partial charge is 0.481 e. The van der Waals surface area contributed by atoms with Crippen molar-refractivity contribution >= 4 is 5.97 Å². The minimum Gasteiger partial charge on any atom is -0.481 e. The van der Waals surface area contributed by atoms with E-state index in [-0.39, 0.29) is 19.1 Å². The summed E-state index contributed by atoms with van der Waals surface area (Å²) < 4.78 is 0. The molecule has 1 heterocycles. The fourth-order valence-electron chi connectivity index (χ4n) is 1.90.